The minimum atomic E-state index is -1.00. The van der Waals surface area contributed by atoms with Crippen molar-refractivity contribution in [2.75, 3.05) is 0 Å². The quantitative estimate of drug-likeness (QED) is 0.698. The molecule has 1 amide bonds. The van der Waals surface area contributed by atoms with E-state index in [9.17, 15) is 14.7 Å². The number of carbonyl (C=O) groups excluding carboxylic acids is 1. The lowest BCUT2D eigenvalue weighted by Crippen LogP contribution is -2.56. The van der Waals surface area contributed by atoms with Crippen LogP contribution in [0.2, 0.25) is 0 Å². The molecule has 4 heteroatoms. The van der Waals surface area contributed by atoms with E-state index < -0.39 is 11.5 Å². The van der Waals surface area contributed by atoms with Crippen molar-refractivity contribution in [3.05, 3.63) is 0 Å². The summed E-state index contributed by atoms with van der Waals surface area (Å²) in [6.45, 7) is 4.23. The highest BCUT2D eigenvalue weighted by Gasteiger charge is 2.42. The molecule has 1 aliphatic carbocycles. The summed E-state index contributed by atoms with van der Waals surface area (Å²) in [6, 6.07) is 0. The summed E-state index contributed by atoms with van der Waals surface area (Å²) in [5, 5.41) is 12.3. The zero-order valence-corrected chi connectivity index (χ0v) is 12.2. The second kappa shape index (κ2) is 7.51. The maximum Gasteiger partial charge on any atom is 0.329 e. The lowest BCUT2D eigenvalue weighted by Gasteiger charge is -2.37. The summed E-state index contributed by atoms with van der Waals surface area (Å²) in [5.74, 6) is -0.360. The normalized spacial score (nSPS) is 26.9. The van der Waals surface area contributed by atoms with Gasteiger partial charge in [-0.25, -0.2) is 4.79 Å². The van der Waals surface area contributed by atoms with Crippen LogP contribution in [-0.4, -0.2) is 22.5 Å². The second-order valence-corrected chi connectivity index (χ2v) is 5.74. The first-order valence-corrected chi connectivity index (χ1v) is 7.58. The van der Waals surface area contributed by atoms with Crippen LogP contribution in [0.3, 0.4) is 0 Å². The molecule has 0 unspecified atom stereocenters. The van der Waals surface area contributed by atoms with Gasteiger partial charge < -0.3 is 10.4 Å². The van der Waals surface area contributed by atoms with E-state index in [0.29, 0.717) is 25.2 Å². The molecule has 0 aromatic heterocycles. The third-order valence-electron chi connectivity index (χ3n) is 4.33. The largest absolute Gasteiger partial charge is 0.480 e. The third-order valence-corrected chi connectivity index (χ3v) is 4.33. The molecule has 19 heavy (non-hydrogen) atoms. The molecule has 110 valence electrons. The van der Waals surface area contributed by atoms with E-state index in [2.05, 4.69) is 19.2 Å². The molecular formula is C15H27NO3. The molecule has 1 saturated carbocycles. The Balaban J connectivity index is 2.53. The van der Waals surface area contributed by atoms with Crippen LogP contribution in [-0.2, 0) is 9.59 Å². The first-order chi connectivity index (χ1) is 9.04. The molecule has 1 rings (SSSR count). The van der Waals surface area contributed by atoms with E-state index in [0.717, 1.165) is 38.5 Å². The van der Waals surface area contributed by atoms with Crippen LogP contribution in [0.5, 0.6) is 0 Å². The highest BCUT2D eigenvalue weighted by molar-refractivity contribution is 5.87. The Kier molecular flexibility index (Phi) is 6.32. The van der Waals surface area contributed by atoms with Gasteiger partial charge in [-0.15, -0.1) is 0 Å². The minimum absolute atomic E-state index is 0.106. The summed E-state index contributed by atoms with van der Waals surface area (Å²) in [7, 11) is 0. The maximum atomic E-state index is 11.9. The van der Waals surface area contributed by atoms with Crippen LogP contribution in [0, 0.1) is 5.92 Å². The SMILES string of the molecule is CCCCCC(=O)NC1(C(=O)O)CCC(CC)CC1. The van der Waals surface area contributed by atoms with Gasteiger partial charge in [-0.05, 0) is 38.0 Å². The summed E-state index contributed by atoms with van der Waals surface area (Å²) in [6.07, 6.45) is 7.41. The van der Waals surface area contributed by atoms with Crippen molar-refractivity contribution in [3.8, 4) is 0 Å². The molecular weight excluding hydrogens is 242 g/mol. The molecule has 0 atom stereocenters. The Morgan fingerprint density at radius 3 is 2.32 bits per heavy atom. The fourth-order valence-corrected chi connectivity index (χ4v) is 2.84. The Hall–Kier alpha value is -1.06. The molecule has 0 aromatic rings. The summed E-state index contributed by atoms with van der Waals surface area (Å²) < 4.78 is 0. The van der Waals surface area contributed by atoms with Crippen molar-refractivity contribution >= 4 is 11.9 Å². The molecule has 0 saturated heterocycles. The van der Waals surface area contributed by atoms with Crippen molar-refractivity contribution in [2.24, 2.45) is 5.92 Å². The molecule has 4 nitrogen and oxygen atoms in total. The number of rotatable bonds is 7. The van der Waals surface area contributed by atoms with Crippen LogP contribution in [0.4, 0.5) is 0 Å². The highest BCUT2D eigenvalue weighted by Crippen LogP contribution is 2.34. The Morgan fingerprint density at radius 1 is 1.21 bits per heavy atom. The van der Waals surface area contributed by atoms with E-state index in [1.54, 1.807) is 0 Å². The molecule has 0 spiro atoms. The van der Waals surface area contributed by atoms with Crippen LogP contribution in [0.15, 0.2) is 0 Å². The topological polar surface area (TPSA) is 66.4 Å². The van der Waals surface area contributed by atoms with Gasteiger partial charge in [-0.1, -0.05) is 33.1 Å². The Labute approximate surface area is 116 Å². The number of amides is 1. The number of hydrogen-bond acceptors (Lipinski definition) is 2. The molecule has 0 bridgehead atoms. The molecule has 2 N–H and O–H groups in total. The van der Waals surface area contributed by atoms with Gasteiger partial charge in [0.05, 0.1) is 0 Å². The van der Waals surface area contributed by atoms with E-state index in [1.807, 2.05) is 0 Å². The number of unbranched alkanes of at least 4 members (excludes halogenated alkanes) is 2. The fourth-order valence-electron chi connectivity index (χ4n) is 2.84. The Bertz CT molecular complexity index is 307. The molecule has 0 aliphatic heterocycles. The smallest absolute Gasteiger partial charge is 0.329 e. The number of carboxylic acids is 1. The second-order valence-electron chi connectivity index (χ2n) is 5.74. The maximum absolute atomic E-state index is 11.9. The highest BCUT2D eigenvalue weighted by atomic mass is 16.4. The average Bonchev–Trinajstić information content (AvgIpc) is 2.39. The third kappa shape index (κ3) is 4.51. The summed E-state index contributed by atoms with van der Waals surface area (Å²) >= 11 is 0. The fraction of sp³-hybridized carbons (Fsp3) is 0.867. The van der Waals surface area contributed by atoms with Crippen LogP contribution in [0.1, 0.15) is 71.6 Å². The lowest BCUT2D eigenvalue weighted by atomic mass is 9.75. The van der Waals surface area contributed by atoms with Crippen molar-refractivity contribution in [1.82, 2.24) is 5.32 Å². The van der Waals surface area contributed by atoms with Gasteiger partial charge in [-0.3, -0.25) is 4.79 Å². The van der Waals surface area contributed by atoms with Gasteiger partial charge >= 0.3 is 5.97 Å². The number of carbonyl (C=O) groups is 2. The van der Waals surface area contributed by atoms with Crippen LogP contribution >= 0.6 is 0 Å². The van der Waals surface area contributed by atoms with E-state index in [4.69, 9.17) is 0 Å². The standard InChI is InChI=1S/C15H27NO3/c1-3-5-6-7-13(17)16-15(14(18)19)10-8-12(4-2)9-11-15/h12H,3-11H2,1-2H3,(H,16,17)(H,18,19). The van der Waals surface area contributed by atoms with Gasteiger partial charge in [-0.2, -0.15) is 0 Å². The van der Waals surface area contributed by atoms with Crippen molar-refractivity contribution in [2.45, 2.75) is 77.2 Å². The zero-order chi connectivity index (χ0) is 14.3. The van der Waals surface area contributed by atoms with Gasteiger partial charge in [0.15, 0.2) is 0 Å². The predicted molar refractivity (Wildman–Crippen MR) is 74.9 cm³/mol. The van der Waals surface area contributed by atoms with Crippen molar-refractivity contribution in [3.63, 3.8) is 0 Å². The van der Waals surface area contributed by atoms with Gasteiger partial charge in [0, 0.05) is 6.42 Å². The van der Waals surface area contributed by atoms with Crippen molar-refractivity contribution in [1.29, 1.82) is 0 Å². The first-order valence-electron chi connectivity index (χ1n) is 7.58. The zero-order valence-electron chi connectivity index (χ0n) is 12.2. The first kappa shape index (κ1) is 16.0. The molecule has 1 fully saturated rings. The van der Waals surface area contributed by atoms with E-state index in [1.165, 1.54) is 0 Å². The minimum Gasteiger partial charge on any atom is -0.480 e. The number of aliphatic carboxylic acids is 1. The van der Waals surface area contributed by atoms with Gasteiger partial charge in [0.25, 0.3) is 0 Å². The Morgan fingerprint density at radius 2 is 1.84 bits per heavy atom. The molecule has 0 aromatic carbocycles. The van der Waals surface area contributed by atoms with Crippen molar-refractivity contribution < 1.29 is 14.7 Å². The number of carboxylic acid groups (broad SMARTS) is 1. The monoisotopic (exact) mass is 269 g/mol. The molecule has 1 aliphatic rings. The number of nitrogens with one attached hydrogen (secondary N) is 1. The predicted octanol–water partition coefficient (Wildman–Crippen LogP) is 3.11. The summed E-state index contributed by atoms with van der Waals surface area (Å²) in [5.41, 5.74) is -1.00. The van der Waals surface area contributed by atoms with Crippen LogP contribution in [0.25, 0.3) is 0 Å². The van der Waals surface area contributed by atoms with E-state index in [-0.39, 0.29) is 5.91 Å². The van der Waals surface area contributed by atoms with E-state index >= 15 is 0 Å². The van der Waals surface area contributed by atoms with Crippen LogP contribution < -0.4 is 5.32 Å². The molecule has 0 radical (unpaired) electrons. The average molecular weight is 269 g/mol. The molecule has 0 heterocycles. The number of hydrogen-bond donors (Lipinski definition) is 2. The van der Waals surface area contributed by atoms with Gasteiger partial charge in [0.2, 0.25) is 5.91 Å². The lowest BCUT2D eigenvalue weighted by molar-refractivity contribution is -0.149. The van der Waals surface area contributed by atoms with Gasteiger partial charge in [0.1, 0.15) is 5.54 Å². The summed E-state index contributed by atoms with van der Waals surface area (Å²) in [4.78, 5) is 23.4.